The van der Waals surface area contributed by atoms with E-state index in [4.69, 9.17) is 5.41 Å². The van der Waals surface area contributed by atoms with E-state index in [1.54, 1.807) is 30.0 Å². The van der Waals surface area contributed by atoms with Crippen LogP contribution in [0.5, 0.6) is 0 Å². The van der Waals surface area contributed by atoms with Gasteiger partial charge in [-0.2, -0.15) is 0 Å². The number of nitroso groups, excluding NO2 is 1. The molecule has 176 valence electrons. The van der Waals surface area contributed by atoms with Gasteiger partial charge in [0, 0.05) is 5.41 Å². The Balaban J connectivity index is 1.78. The number of amidine groups is 1. The first-order valence-electron chi connectivity index (χ1n) is 12.7. The molecule has 1 amide bonds. The molecule has 5 heteroatoms. The largest absolute Gasteiger partial charge is 0.296 e. The molecule has 0 radical (unpaired) electrons. The number of carbonyl (C=O) groups is 1. The Bertz CT molecular complexity index is 781. The van der Waals surface area contributed by atoms with E-state index in [-0.39, 0.29) is 11.7 Å². The number of nitrogens with one attached hydrogen (secondary N) is 1. The van der Waals surface area contributed by atoms with Gasteiger partial charge in [-0.05, 0) is 60.9 Å². The second-order valence-corrected chi connectivity index (χ2v) is 10.5. The van der Waals surface area contributed by atoms with Crippen LogP contribution in [0.1, 0.15) is 103 Å². The standard InChI is InChI=1S/C27H41N3O2/c1-21(28)30(20-24-14-9-15-25(18-24)29-32)26(31)27(2,19-23-12-7-4-8-13-23)17-16-22-10-5-3-6-11-22/h9,14-15,18,22-23,28H,3-8,10-13,16-17,19-20H2,1-2H3/t27-/m0/s1. The van der Waals surface area contributed by atoms with Crippen molar-refractivity contribution in [1.82, 2.24) is 4.90 Å². The molecule has 1 N–H and O–H groups in total. The van der Waals surface area contributed by atoms with E-state index >= 15 is 0 Å². The molecule has 1 aromatic rings. The topological polar surface area (TPSA) is 73.6 Å². The quantitative estimate of drug-likeness (QED) is 0.243. The Hall–Kier alpha value is -2.04. The molecule has 0 aliphatic heterocycles. The summed E-state index contributed by atoms with van der Waals surface area (Å²) in [7, 11) is 0. The maximum Gasteiger partial charge on any atom is 0.234 e. The van der Waals surface area contributed by atoms with Crippen molar-refractivity contribution in [3.05, 3.63) is 34.7 Å². The molecular formula is C27H41N3O2. The minimum atomic E-state index is -0.442. The minimum absolute atomic E-state index is 0.0795. The summed E-state index contributed by atoms with van der Waals surface area (Å²) < 4.78 is 0. The summed E-state index contributed by atoms with van der Waals surface area (Å²) in [5, 5.41) is 11.4. The second-order valence-electron chi connectivity index (χ2n) is 10.5. The molecule has 2 saturated carbocycles. The third-order valence-corrected chi connectivity index (χ3v) is 7.82. The van der Waals surface area contributed by atoms with Crippen molar-refractivity contribution < 1.29 is 4.79 Å². The zero-order chi connectivity index (χ0) is 23.0. The molecule has 0 saturated heterocycles. The SMILES string of the molecule is CC(=N)N(Cc1cccc(N=O)c1)C(=O)[C@@](C)(CCC1CCCCC1)CC1CCCCC1. The lowest BCUT2D eigenvalue weighted by Gasteiger charge is -2.38. The van der Waals surface area contributed by atoms with Crippen molar-refractivity contribution in [1.29, 1.82) is 5.41 Å². The van der Waals surface area contributed by atoms with Gasteiger partial charge in [-0.1, -0.05) is 83.3 Å². The van der Waals surface area contributed by atoms with Crippen LogP contribution in [-0.4, -0.2) is 16.6 Å². The molecular weight excluding hydrogens is 398 g/mol. The Kier molecular flexibility index (Phi) is 9.01. The molecule has 0 aromatic heterocycles. The molecule has 2 aliphatic carbocycles. The van der Waals surface area contributed by atoms with Gasteiger partial charge in [0.25, 0.3) is 0 Å². The first-order valence-corrected chi connectivity index (χ1v) is 12.7. The number of rotatable bonds is 9. The van der Waals surface area contributed by atoms with Gasteiger partial charge < -0.3 is 0 Å². The smallest absolute Gasteiger partial charge is 0.234 e. The van der Waals surface area contributed by atoms with Crippen LogP contribution in [0.3, 0.4) is 0 Å². The summed E-state index contributed by atoms with van der Waals surface area (Å²) in [6.45, 7) is 4.18. The molecule has 32 heavy (non-hydrogen) atoms. The molecule has 0 heterocycles. The van der Waals surface area contributed by atoms with Crippen molar-refractivity contribution in [2.24, 2.45) is 22.4 Å². The lowest BCUT2D eigenvalue weighted by molar-refractivity contribution is -0.139. The molecule has 3 rings (SSSR count). The van der Waals surface area contributed by atoms with Gasteiger partial charge in [0.2, 0.25) is 5.91 Å². The fraction of sp³-hybridized carbons (Fsp3) is 0.704. The van der Waals surface area contributed by atoms with Crippen LogP contribution in [0, 0.1) is 27.6 Å². The van der Waals surface area contributed by atoms with E-state index in [2.05, 4.69) is 12.1 Å². The zero-order valence-corrected chi connectivity index (χ0v) is 20.1. The maximum atomic E-state index is 14.0. The number of amides is 1. The minimum Gasteiger partial charge on any atom is -0.296 e. The van der Waals surface area contributed by atoms with E-state index < -0.39 is 5.41 Å². The van der Waals surface area contributed by atoms with Crippen LogP contribution in [0.2, 0.25) is 0 Å². The molecule has 0 unspecified atom stereocenters. The van der Waals surface area contributed by atoms with Crippen molar-refractivity contribution in [2.75, 3.05) is 0 Å². The monoisotopic (exact) mass is 439 g/mol. The summed E-state index contributed by atoms with van der Waals surface area (Å²) in [5.74, 6) is 1.70. The fourth-order valence-electron chi connectivity index (χ4n) is 5.89. The average molecular weight is 440 g/mol. The highest BCUT2D eigenvalue weighted by Gasteiger charge is 2.40. The van der Waals surface area contributed by atoms with Gasteiger partial charge in [0.15, 0.2) is 0 Å². The van der Waals surface area contributed by atoms with Gasteiger partial charge in [-0.25, -0.2) is 0 Å². The summed E-state index contributed by atoms with van der Waals surface area (Å²) in [5.41, 5.74) is 0.761. The molecule has 0 spiro atoms. The van der Waals surface area contributed by atoms with E-state index in [9.17, 15) is 9.70 Å². The van der Waals surface area contributed by atoms with Crippen LogP contribution < -0.4 is 0 Å². The molecule has 2 fully saturated rings. The van der Waals surface area contributed by atoms with E-state index in [0.29, 0.717) is 18.2 Å². The van der Waals surface area contributed by atoms with Gasteiger partial charge in [0.1, 0.15) is 5.69 Å². The van der Waals surface area contributed by atoms with Crippen LogP contribution in [-0.2, 0) is 11.3 Å². The molecule has 1 atom stereocenters. The number of carbonyl (C=O) groups excluding carboxylic acids is 1. The summed E-state index contributed by atoms with van der Waals surface area (Å²) in [6.07, 6.45) is 15.9. The lowest BCUT2D eigenvalue weighted by Crippen LogP contribution is -2.45. The Morgan fingerprint density at radius 1 is 1.06 bits per heavy atom. The zero-order valence-electron chi connectivity index (χ0n) is 20.1. The van der Waals surface area contributed by atoms with Crippen molar-refractivity contribution in [3.8, 4) is 0 Å². The van der Waals surface area contributed by atoms with Crippen molar-refractivity contribution in [3.63, 3.8) is 0 Å². The predicted molar refractivity (Wildman–Crippen MR) is 131 cm³/mol. The van der Waals surface area contributed by atoms with Crippen LogP contribution in [0.15, 0.2) is 29.4 Å². The lowest BCUT2D eigenvalue weighted by atomic mass is 9.70. The van der Waals surface area contributed by atoms with Crippen LogP contribution in [0.4, 0.5) is 5.69 Å². The highest BCUT2D eigenvalue weighted by atomic mass is 16.3. The number of nitrogens with zero attached hydrogens (tertiary/aromatic N) is 2. The average Bonchev–Trinajstić information content (AvgIpc) is 2.82. The Morgan fingerprint density at radius 2 is 1.69 bits per heavy atom. The second kappa shape index (κ2) is 11.7. The van der Waals surface area contributed by atoms with Crippen molar-refractivity contribution in [2.45, 2.75) is 104 Å². The molecule has 0 bridgehead atoms. The van der Waals surface area contributed by atoms with Crippen LogP contribution in [0.25, 0.3) is 0 Å². The van der Waals surface area contributed by atoms with E-state index in [1.165, 1.54) is 64.2 Å². The molecule has 1 aromatic carbocycles. The highest BCUT2D eigenvalue weighted by molar-refractivity contribution is 5.98. The number of benzene rings is 1. The normalized spacial score (nSPS) is 19.8. The van der Waals surface area contributed by atoms with E-state index in [0.717, 1.165) is 30.7 Å². The predicted octanol–water partition coefficient (Wildman–Crippen LogP) is 7.75. The third-order valence-electron chi connectivity index (χ3n) is 7.82. The number of hydrogen-bond acceptors (Lipinski definition) is 4. The van der Waals surface area contributed by atoms with Gasteiger partial charge >= 0.3 is 0 Å². The first-order chi connectivity index (χ1) is 15.4. The van der Waals surface area contributed by atoms with Crippen molar-refractivity contribution >= 4 is 17.4 Å². The molecule has 2 aliphatic rings. The van der Waals surface area contributed by atoms with Crippen LogP contribution >= 0.6 is 0 Å². The third kappa shape index (κ3) is 6.73. The van der Waals surface area contributed by atoms with E-state index in [1.807, 2.05) is 6.07 Å². The Labute approximate surface area is 193 Å². The summed E-state index contributed by atoms with van der Waals surface area (Å²) in [4.78, 5) is 26.6. The number of hydrogen-bond donors (Lipinski definition) is 1. The van der Waals surface area contributed by atoms with Gasteiger partial charge in [0.05, 0.1) is 12.4 Å². The molecule has 5 nitrogen and oxygen atoms in total. The maximum absolute atomic E-state index is 14.0. The highest BCUT2D eigenvalue weighted by Crippen LogP contribution is 2.41. The Morgan fingerprint density at radius 3 is 2.28 bits per heavy atom. The summed E-state index contributed by atoms with van der Waals surface area (Å²) in [6, 6.07) is 7.07. The first kappa shape index (κ1) is 24.6. The van der Waals surface area contributed by atoms with Gasteiger partial charge in [-0.3, -0.25) is 15.1 Å². The summed E-state index contributed by atoms with van der Waals surface area (Å²) >= 11 is 0. The fourth-order valence-corrected chi connectivity index (χ4v) is 5.89. The van der Waals surface area contributed by atoms with Gasteiger partial charge in [-0.15, -0.1) is 4.91 Å².